The van der Waals surface area contributed by atoms with Crippen LogP contribution in [-0.2, 0) is 0 Å². The second-order valence-electron chi connectivity index (χ2n) is 7.21. The summed E-state index contributed by atoms with van der Waals surface area (Å²) in [5.74, 6) is -3.54. The number of carbonyl (C=O) groups is 2. The molecule has 4 rings (SSSR count). The van der Waals surface area contributed by atoms with Crippen molar-refractivity contribution in [3.63, 3.8) is 0 Å². The van der Waals surface area contributed by atoms with Gasteiger partial charge < -0.3 is 33.3 Å². The first kappa shape index (κ1) is 26.9. The SMILES string of the molecule is O=C([O-])c1cc(=O)c2c(OCC(O)COc3cccc4oc(C(=O)NO)cc(=O)c34)cccc2o1.[Na+]. The number of carboxylic acid groups (broad SMARTS) is 1. The smallest absolute Gasteiger partial charge is 0.542 e. The maximum absolute atomic E-state index is 12.5. The zero-order chi connectivity index (χ0) is 25.1. The van der Waals surface area contributed by atoms with E-state index >= 15 is 0 Å². The van der Waals surface area contributed by atoms with Crippen molar-refractivity contribution in [1.82, 2.24) is 5.48 Å². The Labute approximate surface area is 222 Å². The van der Waals surface area contributed by atoms with Crippen LogP contribution >= 0.6 is 0 Å². The molecule has 1 atom stereocenters. The summed E-state index contributed by atoms with van der Waals surface area (Å²) in [4.78, 5) is 47.3. The quantitative estimate of drug-likeness (QED) is 0.127. The summed E-state index contributed by atoms with van der Waals surface area (Å²) >= 11 is 0. The first-order valence-corrected chi connectivity index (χ1v) is 10.0. The molecule has 0 spiro atoms. The molecule has 0 aliphatic carbocycles. The van der Waals surface area contributed by atoms with E-state index in [0.717, 1.165) is 12.1 Å². The number of carbonyl (C=O) groups excluding carboxylic acids is 2. The molecule has 0 aliphatic heterocycles. The molecule has 4 aromatic rings. The van der Waals surface area contributed by atoms with Gasteiger partial charge in [0.25, 0.3) is 0 Å². The molecule has 0 saturated carbocycles. The van der Waals surface area contributed by atoms with Gasteiger partial charge in [0.05, 0.1) is 0 Å². The molecule has 2 heterocycles. The third-order valence-electron chi connectivity index (χ3n) is 4.82. The maximum atomic E-state index is 12.5. The molecule has 13 heteroatoms. The van der Waals surface area contributed by atoms with Crippen LogP contribution in [0.3, 0.4) is 0 Å². The number of amides is 1. The Balaban J connectivity index is 0.00000361. The summed E-state index contributed by atoms with van der Waals surface area (Å²) in [6.45, 7) is -0.632. The van der Waals surface area contributed by atoms with Crippen LogP contribution < -0.4 is 60.5 Å². The van der Waals surface area contributed by atoms with Gasteiger partial charge in [0.2, 0.25) is 0 Å². The Bertz CT molecular complexity index is 1560. The van der Waals surface area contributed by atoms with Crippen molar-refractivity contribution >= 4 is 33.8 Å². The molecule has 0 fully saturated rings. The van der Waals surface area contributed by atoms with Gasteiger partial charge in [-0.1, -0.05) is 12.1 Å². The van der Waals surface area contributed by atoms with Gasteiger partial charge in [-0.3, -0.25) is 19.6 Å². The van der Waals surface area contributed by atoms with Gasteiger partial charge in [-0.05, 0) is 24.3 Å². The molecule has 36 heavy (non-hydrogen) atoms. The average Bonchev–Trinajstić information content (AvgIpc) is 2.85. The minimum absolute atomic E-state index is 0. The molecular weight excluding hydrogens is 489 g/mol. The second kappa shape index (κ2) is 11.4. The van der Waals surface area contributed by atoms with E-state index in [1.54, 1.807) is 0 Å². The van der Waals surface area contributed by atoms with Crippen molar-refractivity contribution in [2.75, 3.05) is 13.2 Å². The van der Waals surface area contributed by atoms with Crippen molar-refractivity contribution in [3.8, 4) is 11.5 Å². The summed E-state index contributed by atoms with van der Waals surface area (Å²) < 4.78 is 21.5. The van der Waals surface area contributed by atoms with Crippen LogP contribution in [-0.4, -0.2) is 41.5 Å². The van der Waals surface area contributed by atoms with E-state index in [9.17, 15) is 29.4 Å². The fraction of sp³-hybridized carbons (Fsp3) is 0.130. The zero-order valence-electron chi connectivity index (χ0n) is 18.7. The Morgan fingerprint density at radius 2 is 1.36 bits per heavy atom. The molecule has 0 saturated heterocycles. The van der Waals surface area contributed by atoms with Gasteiger partial charge in [-0.2, -0.15) is 0 Å². The van der Waals surface area contributed by atoms with Crippen LogP contribution in [0.2, 0.25) is 0 Å². The van der Waals surface area contributed by atoms with Crippen molar-refractivity contribution < 1.29 is 72.9 Å². The topological polar surface area (TPSA) is 189 Å². The van der Waals surface area contributed by atoms with Crippen LogP contribution in [0.5, 0.6) is 11.5 Å². The summed E-state index contributed by atoms with van der Waals surface area (Å²) in [5.41, 5.74) is 0.0981. The van der Waals surface area contributed by atoms with E-state index in [1.165, 1.54) is 41.9 Å². The number of rotatable bonds is 8. The molecule has 180 valence electrons. The Morgan fingerprint density at radius 1 is 0.889 bits per heavy atom. The second-order valence-corrected chi connectivity index (χ2v) is 7.21. The van der Waals surface area contributed by atoms with Crippen LogP contribution in [0.1, 0.15) is 21.1 Å². The summed E-state index contributed by atoms with van der Waals surface area (Å²) in [6, 6.07) is 10.4. The van der Waals surface area contributed by atoms with E-state index < -0.39 is 40.4 Å². The van der Waals surface area contributed by atoms with Crippen LogP contribution in [0, 0.1) is 0 Å². The largest absolute Gasteiger partial charge is 1.00 e. The van der Waals surface area contributed by atoms with Crippen molar-refractivity contribution in [2.24, 2.45) is 0 Å². The third kappa shape index (κ3) is 5.58. The number of aromatic carboxylic acids is 1. The van der Waals surface area contributed by atoms with Gasteiger partial charge in [0.15, 0.2) is 22.4 Å². The number of hydrogen-bond donors (Lipinski definition) is 3. The molecule has 1 amide bonds. The number of ether oxygens (including phenoxy) is 2. The number of hydrogen-bond acceptors (Lipinski definition) is 11. The minimum Gasteiger partial charge on any atom is -0.542 e. The zero-order valence-corrected chi connectivity index (χ0v) is 20.7. The molecule has 1 unspecified atom stereocenters. The third-order valence-corrected chi connectivity index (χ3v) is 4.82. The van der Waals surface area contributed by atoms with Gasteiger partial charge >= 0.3 is 35.5 Å². The van der Waals surface area contributed by atoms with Crippen molar-refractivity contribution in [2.45, 2.75) is 6.10 Å². The average molecular weight is 505 g/mol. The number of aliphatic hydroxyl groups is 1. The van der Waals surface area contributed by atoms with Crippen LogP contribution in [0.25, 0.3) is 21.9 Å². The summed E-state index contributed by atoms with van der Waals surface area (Å²) in [5, 5.41) is 30.0. The Hall–Kier alpha value is -3.68. The molecule has 0 radical (unpaired) electrons. The van der Waals surface area contributed by atoms with Gasteiger partial charge in [-0.15, -0.1) is 0 Å². The molecule has 12 nitrogen and oxygen atoms in total. The summed E-state index contributed by atoms with van der Waals surface area (Å²) in [6.07, 6.45) is -1.21. The molecule has 0 aliphatic rings. The summed E-state index contributed by atoms with van der Waals surface area (Å²) in [7, 11) is 0. The van der Waals surface area contributed by atoms with E-state index in [2.05, 4.69) is 0 Å². The van der Waals surface area contributed by atoms with E-state index in [4.69, 9.17) is 23.5 Å². The number of carboxylic acids is 1. The van der Waals surface area contributed by atoms with Crippen LogP contribution in [0.15, 0.2) is 67.0 Å². The van der Waals surface area contributed by atoms with E-state index in [1.807, 2.05) is 0 Å². The standard InChI is InChI=1S/C23H17NO11.Na/c25-11(10-33-15-4-2-6-17-21(15)13(27)8-19(35-17)23(29)30)9-32-14-3-1-5-16-20(14)12(26)7-18(34-16)22(28)24-31;/h1-8,11,25,31H,9-10H2,(H,24,28)(H,29,30);/q;+1/p-1. The monoisotopic (exact) mass is 505 g/mol. The normalized spacial score (nSPS) is 11.5. The van der Waals surface area contributed by atoms with Gasteiger partial charge in [-0.25, -0.2) is 5.48 Å². The molecular formula is C23H16NNaO11. The molecule has 0 bridgehead atoms. The van der Waals surface area contributed by atoms with Gasteiger partial charge in [0.1, 0.15) is 58.7 Å². The van der Waals surface area contributed by atoms with Crippen molar-refractivity contribution in [3.05, 3.63) is 80.5 Å². The van der Waals surface area contributed by atoms with E-state index in [0.29, 0.717) is 0 Å². The van der Waals surface area contributed by atoms with Gasteiger partial charge in [0, 0.05) is 12.1 Å². The maximum Gasteiger partial charge on any atom is 1.00 e. The first-order valence-electron chi connectivity index (χ1n) is 10.0. The first-order chi connectivity index (χ1) is 16.8. The predicted octanol–water partition coefficient (Wildman–Crippen LogP) is -2.80. The Kier molecular flexibility index (Phi) is 8.50. The predicted molar refractivity (Wildman–Crippen MR) is 116 cm³/mol. The minimum atomic E-state index is -1.64. The number of fused-ring (bicyclic) bond motifs is 2. The van der Waals surface area contributed by atoms with Crippen molar-refractivity contribution in [1.29, 1.82) is 0 Å². The number of benzene rings is 2. The molecule has 2 aromatic heterocycles. The number of aliphatic hydroxyl groups excluding tert-OH is 1. The number of nitrogens with one attached hydrogen (secondary N) is 1. The Morgan fingerprint density at radius 3 is 1.83 bits per heavy atom. The molecule has 3 N–H and O–H groups in total. The van der Waals surface area contributed by atoms with E-state index in [-0.39, 0.29) is 76.2 Å². The fourth-order valence-corrected chi connectivity index (χ4v) is 3.28. The number of hydroxylamine groups is 1. The fourth-order valence-electron chi connectivity index (χ4n) is 3.28. The van der Waals surface area contributed by atoms with Crippen LogP contribution in [0.4, 0.5) is 0 Å². The molecule has 2 aromatic carbocycles.